The van der Waals surface area contributed by atoms with E-state index in [-0.39, 0.29) is 5.91 Å². The summed E-state index contributed by atoms with van der Waals surface area (Å²) in [4.78, 5) is 13.2. The van der Waals surface area contributed by atoms with Gasteiger partial charge in [-0.1, -0.05) is 48.5 Å². The maximum absolute atomic E-state index is 13.1. The average Bonchev–Trinajstić information content (AvgIpc) is 2.73. The molecular formula is C16H12FNO. The fraction of sp³-hybridized carbons (Fsp3) is 0.0625. The fourth-order valence-corrected chi connectivity index (χ4v) is 2.27. The number of hydrogen-bond donors (Lipinski definition) is 0. The van der Waals surface area contributed by atoms with E-state index < -0.39 is 6.80 Å². The Morgan fingerprint density at radius 1 is 0.947 bits per heavy atom. The minimum atomic E-state index is -0.813. The number of nitrogens with zero attached hydrogens (tertiary/aromatic N) is 1. The SMILES string of the molecule is O=C1c2ccccc2/C(=C\c2ccccc2)N1CF. The third-order valence-electron chi connectivity index (χ3n) is 3.19. The first-order chi connectivity index (χ1) is 9.31. The molecular weight excluding hydrogens is 241 g/mol. The van der Waals surface area contributed by atoms with Crippen molar-refractivity contribution in [1.82, 2.24) is 4.90 Å². The first-order valence-corrected chi connectivity index (χ1v) is 6.05. The van der Waals surface area contributed by atoms with Crippen molar-refractivity contribution in [3.05, 3.63) is 71.3 Å². The third-order valence-corrected chi connectivity index (χ3v) is 3.19. The molecule has 1 aliphatic heterocycles. The van der Waals surface area contributed by atoms with Crippen molar-refractivity contribution in [2.75, 3.05) is 6.80 Å². The second-order valence-electron chi connectivity index (χ2n) is 4.34. The van der Waals surface area contributed by atoms with Gasteiger partial charge < -0.3 is 0 Å². The molecule has 2 nitrogen and oxygen atoms in total. The minimum Gasteiger partial charge on any atom is -0.279 e. The van der Waals surface area contributed by atoms with Gasteiger partial charge in [-0.3, -0.25) is 9.69 Å². The molecule has 0 radical (unpaired) electrons. The van der Waals surface area contributed by atoms with E-state index >= 15 is 0 Å². The molecule has 0 spiro atoms. The highest BCUT2D eigenvalue weighted by Gasteiger charge is 2.31. The van der Waals surface area contributed by atoms with Crippen molar-refractivity contribution in [2.24, 2.45) is 0 Å². The van der Waals surface area contributed by atoms with Gasteiger partial charge in [-0.25, -0.2) is 4.39 Å². The zero-order valence-electron chi connectivity index (χ0n) is 10.2. The van der Waals surface area contributed by atoms with Crippen LogP contribution in [0.3, 0.4) is 0 Å². The van der Waals surface area contributed by atoms with E-state index in [4.69, 9.17) is 0 Å². The zero-order chi connectivity index (χ0) is 13.2. The Hall–Kier alpha value is -2.42. The molecule has 1 amide bonds. The number of fused-ring (bicyclic) bond motifs is 1. The van der Waals surface area contributed by atoms with E-state index in [9.17, 15) is 9.18 Å². The summed E-state index contributed by atoms with van der Waals surface area (Å²) in [7, 11) is 0. The Balaban J connectivity index is 2.14. The van der Waals surface area contributed by atoms with Crippen LogP contribution in [0.5, 0.6) is 0 Å². The topological polar surface area (TPSA) is 20.3 Å². The summed E-state index contributed by atoms with van der Waals surface area (Å²) in [6.07, 6.45) is 1.84. The molecule has 3 heteroatoms. The highest BCUT2D eigenvalue weighted by molar-refractivity contribution is 6.11. The molecule has 0 aliphatic carbocycles. The molecule has 0 bridgehead atoms. The van der Waals surface area contributed by atoms with Crippen molar-refractivity contribution < 1.29 is 9.18 Å². The largest absolute Gasteiger partial charge is 0.279 e. The van der Waals surface area contributed by atoms with Gasteiger partial charge in [-0.15, -0.1) is 0 Å². The fourth-order valence-electron chi connectivity index (χ4n) is 2.27. The number of carbonyl (C=O) groups excluding carboxylic acids is 1. The standard InChI is InChI=1S/C16H12FNO/c17-11-18-15(10-12-6-2-1-3-7-12)13-8-4-5-9-14(13)16(18)19/h1-10H,11H2/b15-10+. The molecule has 2 aromatic carbocycles. The van der Waals surface area contributed by atoms with E-state index in [0.29, 0.717) is 11.3 Å². The lowest BCUT2D eigenvalue weighted by Gasteiger charge is -2.13. The Labute approximate surface area is 110 Å². The lowest BCUT2D eigenvalue weighted by molar-refractivity contribution is 0.0806. The summed E-state index contributed by atoms with van der Waals surface area (Å²) >= 11 is 0. The normalized spacial score (nSPS) is 15.9. The summed E-state index contributed by atoms with van der Waals surface area (Å²) in [5.74, 6) is -0.278. The Morgan fingerprint density at radius 2 is 1.58 bits per heavy atom. The molecule has 0 fully saturated rings. The van der Waals surface area contributed by atoms with Crippen LogP contribution in [0, 0.1) is 0 Å². The van der Waals surface area contributed by atoms with Crippen LogP contribution in [0.4, 0.5) is 4.39 Å². The molecule has 3 rings (SSSR count). The Morgan fingerprint density at radius 3 is 2.26 bits per heavy atom. The summed E-state index contributed by atoms with van der Waals surface area (Å²) < 4.78 is 13.1. The lowest BCUT2D eigenvalue weighted by atomic mass is 10.1. The van der Waals surface area contributed by atoms with Gasteiger partial charge in [0.05, 0.1) is 5.70 Å². The van der Waals surface area contributed by atoms with Gasteiger partial charge in [-0.05, 0) is 17.7 Å². The molecule has 94 valence electrons. The van der Waals surface area contributed by atoms with Crippen LogP contribution in [-0.4, -0.2) is 17.6 Å². The highest BCUT2D eigenvalue weighted by atomic mass is 19.1. The van der Waals surface area contributed by atoms with Gasteiger partial charge in [0.2, 0.25) is 0 Å². The van der Waals surface area contributed by atoms with E-state index in [0.717, 1.165) is 16.0 Å². The lowest BCUT2D eigenvalue weighted by Crippen LogP contribution is -2.21. The van der Waals surface area contributed by atoms with Crippen LogP contribution < -0.4 is 0 Å². The molecule has 0 aromatic heterocycles. The first-order valence-electron chi connectivity index (χ1n) is 6.05. The van der Waals surface area contributed by atoms with Crippen LogP contribution in [-0.2, 0) is 0 Å². The van der Waals surface area contributed by atoms with Gasteiger partial charge in [0.15, 0.2) is 6.80 Å². The van der Waals surface area contributed by atoms with Crippen molar-refractivity contribution in [2.45, 2.75) is 0 Å². The van der Waals surface area contributed by atoms with Gasteiger partial charge >= 0.3 is 0 Å². The Bertz CT molecular complexity index is 649. The second-order valence-corrected chi connectivity index (χ2v) is 4.34. The van der Waals surface area contributed by atoms with Gasteiger partial charge in [0.25, 0.3) is 5.91 Å². The number of amides is 1. The van der Waals surface area contributed by atoms with Gasteiger partial charge in [0, 0.05) is 11.1 Å². The van der Waals surface area contributed by atoms with Crippen LogP contribution in [0.1, 0.15) is 21.5 Å². The van der Waals surface area contributed by atoms with E-state index in [2.05, 4.69) is 0 Å². The summed E-state index contributed by atoms with van der Waals surface area (Å²) in [6, 6.07) is 16.8. The molecule has 0 atom stereocenters. The molecule has 0 saturated heterocycles. The van der Waals surface area contributed by atoms with Crippen LogP contribution in [0.15, 0.2) is 54.6 Å². The van der Waals surface area contributed by atoms with Crippen LogP contribution in [0.2, 0.25) is 0 Å². The predicted molar refractivity (Wildman–Crippen MR) is 72.9 cm³/mol. The quantitative estimate of drug-likeness (QED) is 0.749. The summed E-state index contributed by atoms with van der Waals surface area (Å²) in [5.41, 5.74) is 2.91. The van der Waals surface area contributed by atoms with Gasteiger partial charge in [-0.2, -0.15) is 0 Å². The van der Waals surface area contributed by atoms with Crippen molar-refractivity contribution in [3.63, 3.8) is 0 Å². The molecule has 1 heterocycles. The number of halogens is 1. The van der Waals surface area contributed by atoms with Crippen LogP contribution in [0.25, 0.3) is 11.8 Å². The maximum atomic E-state index is 13.1. The summed E-state index contributed by atoms with van der Waals surface area (Å²) in [5, 5.41) is 0. The molecule has 0 unspecified atom stereocenters. The van der Waals surface area contributed by atoms with Gasteiger partial charge in [0.1, 0.15) is 0 Å². The average molecular weight is 253 g/mol. The molecule has 2 aromatic rings. The van der Waals surface area contributed by atoms with Crippen LogP contribution >= 0.6 is 0 Å². The Kier molecular flexibility index (Phi) is 2.88. The number of rotatable bonds is 2. The third kappa shape index (κ3) is 1.93. The van der Waals surface area contributed by atoms with Crippen molar-refractivity contribution in [1.29, 1.82) is 0 Å². The molecule has 19 heavy (non-hydrogen) atoms. The number of benzene rings is 2. The first kappa shape index (κ1) is 11.7. The van der Waals surface area contributed by atoms with E-state index in [1.165, 1.54) is 0 Å². The molecule has 0 N–H and O–H groups in total. The second kappa shape index (κ2) is 4.69. The van der Waals surface area contributed by atoms with Crippen molar-refractivity contribution in [3.8, 4) is 0 Å². The van der Waals surface area contributed by atoms with Crippen molar-refractivity contribution >= 4 is 17.7 Å². The smallest absolute Gasteiger partial charge is 0.261 e. The highest BCUT2D eigenvalue weighted by Crippen LogP contribution is 2.33. The zero-order valence-corrected chi connectivity index (χ0v) is 10.2. The maximum Gasteiger partial charge on any atom is 0.261 e. The molecule has 1 aliphatic rings. The predicted octanol–water partition coefficient (Wildman–Crippen LogP) is 3.57. The minimum absolute atomic E-state index is 0.278. The number of carbonyl (C=O) groups is 1. The number of alkyl halides is 1. The summed E-state index contributed by atoms with van der Waals surface area (Å²) in [6.45, 7) is -0.813. The number of hydrogen-bond acceptors (Lipinski definition) is 1. The molecule has 0 saturated carbocycles. The monoisotopic (exact) mass is 253 g/mol. The van der Waals surface area contributed by atoms with E-state index in [1.807, 2.05) is 48.5 Å². The van der Waals surface area contributed by atoms with E-state index in [1.54, 1.807) is 12.1 Å².